The van der Waals surface area contributed by atoms with E-state index in [-0.39, 0.29) is 12.5 Å². The quantitative estimate of drug-likeness (QED) is 0.901. The van der Waals surface area contributed by atoms with E-state index in [4.69, 9.17) is 5.26 Å². The maximum Gasteiger partial charge on any atom is 0.254 e. The molecule has 1 rings (SSSR count). The Labute approximate surface area is 114 Å². The lowest BCUT2D eigenvalue weighted by Gasteiger charge is -2.28. The molecule has 1 aromatic carbocycles. The van der Waals surface area contributed by atoms with Gasteiger partial charge in [0.2, 0.25) is 0 Å². The van der Waals surface area contributed by atoms with Crippen LogP contribution in [0.2, 0.25) is 0 Å². The Hall–Kier alpha value is -1.86. The molecule has 0 aliphatic heterocycles. The predicted octanol–water partition coefficient (Wildman–Crippen LogP) is 2.10. The van der Waals surface area contributed by atoms with Gasteiger partial charge in [-0.05, 0) is 51.5 Å². The maximum absolute atomic E-state index is 12.4. The minimum Gasteiger partial charge on any atom is -0.389 e. The maximum atomic E-state index is 12.4. The summed E-state index contributed by atoms with van der Waals surface area (Å²) in [6.07, 6.45) is 0. The zero-order valence-electron chi connectivity index (χ0n) is 11.9. The molecule has 4 heteroatoms. The van der Waals surface area contributed by atoms with Gasteiger partial charge in [0.05, 0.1) is 17.2 Å². The van der Waals surface area contributed by atoms with Gasteiger partial charge < -0.3 is 10.0 Å². The fourth-order valence-electron chi connectivity index (χ4n) is 1.94. The Morgan fingerprint density at radius 3 is 2.53 bits per heavy atom. The highest BCUT2D eigenvalue weighted by molar-refractivity contribution is 5.95. The van der Waals surface area contributed by atoms with Gasteiger partial charge in [-0.15, -0.1) is 0 Å². The van der Waals surface area contributed by atoms with Gasteiger partial charge >= 0.3 is 0 Å². The molecule has 0 aromatic heterocycles. The Morgan fingerprint density at radius 1 is 1.47 bits per heavy atom. The zero-order chi connectivity index (χ0) is 14.6. The Kier molecular flexibility index (Phi) is 4.68. The summed E-state index contributed by atoms with van der Waals surface area (Å²) < 4.78 is 0. The van der Waals surface area contributed by atoms with Crippen molar-refractivity contribution in [3.05, 3.63) is 34.9 Å². The smallest absolute Gasteiger partial charge is 0.254 e. The van der Waals surface area contributed by atoms with E-state index in [1.54, 1.807) is 36.9 Å². The Balaban J connectivity index is 3.02. The van der Waals surface area contributed by atoms with Gasteiger partial charge in [-0.25, -0.2) is 0 Å². The molecule has 4 nitrogen and oxygen atoms in total. The van der Waals surface area contributed by atoms with Gasteiger partial charge in [0.15, 0.2) is 0 Å². The fourth-order valence-corrected chi connectivity index (χ4v) is 1.94. The molecule has 0 aliphatic carbocycles. The number of aliphatic hydroxyl groups is 1. The minimum absolute atomic E-state index is 0.119. The summed E-state index contributed by atoms with van der Waals surface area (Å²) in [7, 11) is 0. The number of aryl methyl sites for hydroxylation is 1. The predicted molar refractivity (Wildman–Crippen MR) is 73.8 cm³/mol. The molecular formula is C15H20N2O2. The molecule has 0 saturated heterocycles. The summed E-state index contributed by atoms with van der Waals surface area (Å²) in [5.41, 5.74) is 0.967. The number of carbonyl (C=O) groups excluding carboxylic acids is 1. The van der Waals surface area contributed by atoms with Crippen LogP contribution in [0.3, 0.4) is 0 Å². The summed E-state index contributed by atoms with van der Waals surface area (Å²) in [5.74, 6) is -0.119. The molecule has 0 spiro atoms. The van der Waals surface area contributed by atoms with Crippen molar-refractivity contribution >= 4 is 5.91 Å². The summed E-state index contributed by atoms with van der Waals surface area (Å²) in [6.45, 7) is 7.85. The average molecular weight is 260 g/mol. The van der Waals surface area contributed by atoms with Crippen molar-refractivity contribution in [2.24, 2.45) is 0 Å². The van der Waals surface area contributed by atoms with Gasteiger partial charge in [-0.2, -0.15) is 5.26 Å². The molecule has 1 N–H and O–H groups in total. The molecule has 102 valence electrons. The van der Waals surface area contributed by atoms with E-state index in [0.29, 0.717) is 17.7 Å². The third-order valence-corrected chi connectivity index (χ3v) is 2.83. The molecule has 1 amide bonds. The van der Waals surface area contributed by atoms with Gasteiger partial charge in [0.1, 0.15) is 0 Å². The number of benzene rings is 1. The number of amides is 1. The number of rotatable bonds is 4. The second-order valence-corrected chi connectivity index (χ2v) is 5.27. The lowest BCUT2D eigenvalue weighted by Crippen LogP contribution is -2.42. The van der Waals surface area contributed by atoms with Crippen molar-refractivity contribution in [2.75, 3.05) is 13.1 Å². The number of carbonyl (C=O) groups is 1. The number of nitrogens with zero attached hydrogens (tertiary/aromatic N) is 2. The molecule has 0 unspecified atom stereocenters. The first-order chi connectivity index (χ1) is 8.78. The molecular weight excluding hydrogens is 240 g/mol. The number of likely N-dealkylation sites (N-methyl/N-ethyl adjacent to an activating group) is 1. The van der Waals surface area contributed by atoms with Crippen LogP contribution in [-0.4, -0.2) is 34.6 Å². The second-order valence-electron chi connectivity index (χ2n) is 5.27. The molecule has 0 radical (unpaired) electrons. The van der Waals surface area contributed by atoms with Crippen molar-refractivity contribution in [1.82, 2.24) is 4.90 Å². The van der Waals surface area contributed by atoms with Gasteiger partial charge in [0.25, 0.3) is 5.91 Å². The van der Waals surface area contributed by atoms with Crippen molar-refractivity contribution in [2.45, 2.75) is 33.3 Å². The second kappa shape index (κ2) is 5.85. The molecule has 0 fully saturated rings. The monoisotopic (exact) mass is 260 g/mol. The lowest BCUT2D eigenvalue weighted by molar-refractivity contribution is 0.0314. The largest absolute Gasteiger partial charge is 0.389 e. The van der Waals surface area contributed by atoms with Crippen molar-refractivity contribution in [1.29, 1.82) is 5.26 Å². The fraction of sp³-hybridized carbons (Fsp3) is 0.467. The summed E-state index contributed by atoms with van der Waals surface area (Å²) in [4.78, 5) is 14.0. The molecule has 1 aromatic rings. The standard InChI is InChI=1S/C15H20N2O2/c1-5-17(10-15(3,4)19)14(18)13-7-6-12(9-16)8-11(13)2/h6-8,19H,5,10H2,1-4H3. The zero-order valence-corrected chi connectivity index (χ0v) is 11.9. The first kappa shape index (κ1) is 15.2. The lowest BCUT2D eigenvalue weighted by atomic mass is 10.0. The van der Waals surface area contributed by atoms with Crippen LogP contribution in [0.25, 0.3) is 0 Å². The van der Waals surface area contributed by atoms with E-state index >= 15 is 0 Å². The van der Waals surface area contributed by atoms with E-state index in [1.807, 2.05) is 13.8 Å². The van der Waals surface area contributed by atoms with E-state index in [9.17, 15) is 9.90 Å². The highest BCUT2D eigenvalue weighted by atomic mass is 16.3. The van der Waals surface area contributed by atoms with Crippen molar-refractivity contribution in [3.8, 4) is 6.07 Å². The van der Waals surface area contributed by atoms with Crippen LogP contribution in [0.15, 0.2) is 18.2 Å². The van der Waals surface area contributed by atoms with Gasteiger partial charge in [-0.3, -0.25) is 4.79 Å². The molecule has 0 atom stereocenters. The third-order valence-electron chi connectivity index (χ3n) is 2.83. The van der Waals surface area contributed by atoms with E-state index in [0.717, 1.165) is 5.56 Å². The van der Waals surface area contributed by atoms with Gasteiger partial charge in [-0.1, -0.05) is 0 Å². The number of hydrogen-bond donors (Lipinski definition) is 1. The molecule has 19 heavy (non-hydrogen) atoms. The summed E-state index contributed by atoms with van der Waals surface area (Å²) >= 11 is 0. The van der Waals surface area contributed by atoms with Crippen LogP contribution in [0.4, 0.5) is 0 Å². The van der Waals surface area contributed by atoms with Crippen LogP contribution in [-0.2, 0) is 0 Å². The average Bonchev–Trinajstić information content (AvgIpc) is 2.33. The highest BCUT2D eigenvalue weighted by Crippen LogP contribution is 2.15. The molecule has 0 bridgehead atoms. The van der Waals surface area contributed by atoms with Crippen LogP contribution < -0.4 is 0 Å². The Bertz CT molecular complexity index is 510. The van der Waals surface area contributed by atoms with Crippen LogP contribution in [0.5, 0.6) is 0 Å². The van der Waals surface area contributed by atoms with E-state index < -0.39 is 5.60 Å². The summed E-state index contributed by atoms with van der Waals surface area (Å²) in [5, 5.41) is 18.7. The Morgan fingerprint density at radius 2 is 2.11 bits per heavy atom. The highest BCUT2D eigenvalue weighted by Gasteiger charge is 2.23. The number of nitriles is 1. The van der Waals surface area contributed by atoms with Crippen LogP contribution >= 0.6 is 0 Å². The molecule has 0 saturated carbocycles. The topological polar surface area (TPSA) is 64.3 Å². The molecule has 0 heterocycles. The number of hydrogen-bond acceptors (Lipinski definition) is 3. The summed E-state index contributed by atoms with van der Waals surface area (Å²) in [6, 6.07) is 7.06. The van der Waals surface area contributed by atoms with Crippen molar-refractivity contribution < 1.29 is 9.90 Å². The van der Waals surface area contributed by atoms with Gasteiger partial charge in [0, 0.05) is 18.7 Å². The molecule has 0 aliphatic rings. The third kappa shape index (κ3) is 4.08. The SMILES string of the molecule is CCN(CC(C)(C)O)C(=O)c1ccc(C#N)cc1C. The van der Waals surface area contributed by atoms with Crippen molar-refractivity contribution in [3.63, 3.8) is 0 Å². The first-order valence-electron chi connectivity index (χ1n) is 6.31. The normalized spacial score (nSPS) is 10.9. The first-order valence-corrected chi connectivity index (χ1v) is 6.31. The van der Waals surface area contributed by atoms with E-state index in [2.05, 4.69) is 6.07 Å². The minimum atomic E-state index is -0.924. The van der Waals surface area contributed by atoms with E-state index in [1.165, 1.54) is 0 Å². The van der Waals surface area contributed by atoms with Crippen LogP contribution in [0.1, 0.15) is 42.3 Å². The van der Waals surface area contributed by atoms with Crippen LogP contribution in [0, 0.1) is 18.3 Å².